The van der Waals surface area contributed by atoms with E-state index in [-0.39, 0.29) is 23.8 Å². The molecule has 2 aromatic carbocycles. The van der Waals surface area contributed by atoms with Gasteiger partial charge in [0.15, 0.2) is 16.3 Å². The zero-order valence-electron chi connectivity index (χ0n) is 23.2. The van der Waals surface area contributed by atoms with Crippen LogP contribution in [0.5, 0.6) is 11.5 Å². The van der Waals surface area contributed by atoms with Crippen LogP contribution in [0, 0.1) is 0 Å². The number of esters is 1. The van der Waals surface area contributed by atoms with Crippen molar-refractivity contribution in [1.82, 2.24) is 4.57 Å². The fourth-order valence-electron chi connectivity index (χ4n) is 5.30. The molecule has 1 aromatic heterocycles. The number of benzene rings is 2. The van der Waals surface area contributed by atoms with Crippen LogP contribution in [-0.2, 0) is 14.3 Å². The van der Waals surface area contributed by atoms with Gasteiger partial charge in [-0.25, -0.2) is 9.79 Å². The van der Waals surface area contributed by atoms with Gasteiger partial charge in [-0.05, 0) is 55.3 Å². The zero-order valence-corrected chi connectivity index (χ0v) is 24.0. The van der Waals surface area contributed by atoms with E-state index in [1.807, 2.05) is 43.3 Å². The van der Waals surface area contributed by atoms with Crippen molar-refractivity contribution < 1.29 is 23.7 Å². The number of carbonyl (C=O) groups excluding carboxylic acids is 1. The third-order valence-corrected chi connectivity index (χ3v) is 8.05. The Balaban J connectivity index is 1.82. The van der Waals surface area contributed by atoms with Gasteiger partial charge in [0.25, 0.3) is 5.56 Å². The van der Waals surface area contributed by atoms with Gasteiger partial charge >= 0.3 is 5.97 Å². The van der Waals surface area contributed by atoms with Crippen molar-refractivity contribution in [3.8, 4) is 11.5 Å². The molecular formula is C31H32N2O6S. The summed E-state index contributed by atoms with van der Waals surface area (Å²) in [6, 6.07) is 12.7. The second kappa shape index (κ2) is 11.7. The largest absolute Gasteiger partial charge is 0.493 e. The Morgan fingerprint density at radius 3 is 2.65 bits per heavy atom. The van der Waals surface area contributed by atoms with Crippen molar-refractivity contribution in [3.63, 3.8) is 0 Å². The number of ether oxygens (including phenoxy) is 4. The highest BCUT2D eigenvalue weighted by Crippen LogP contribution is 2.40. The van der Waals surface area contributed by atoms with Crippen molar-refractivity contribution in [2.45, 2.75) is 39.3 Å². The molecule has 0 saturated heterocycles. The third kappa shape index (κ3) is 4.80. The SMILES string of the molecule is CCOC(=O)C1=C(C)N=c2sc(=CC3=c4ccccc4=CCC3OC)c(=O)n2C1c1cccc(OC)c1OCC. The fourth-order valence-corrected chi connectivity index (χ4v) is 6.34. The second-order valence-electron chi connectivity index (χ2n) is 9.32. The molecule has 3 aromatic rings. The number of para-hydroxylation sites is 1. The third-order valence-electron chi connectivity index (χ3n) is 7.07. The van der Waals surface area contributed by atoms with E-state index >= 15 is 0 Å². The lowest BCUT2D eigenvalue weighted by atomic mass is 9.94. The highest BCUT2D eigenvalue weighted by Gasteiger charge is 2.36. The number of allylic oxidation sites excluding steroid dienone is 1. The standard InChI is InChI=1S/C31H32N2O6S/c1-6-38-28-21(13-10-14-24(28)37-5)27-26(30(35)39-7-2)18(3)32-31-33(27)29(34)25(40-31)17-22-20-12-9-8-11-19(20)15-16-23(22)36-4/h8-15,17,23,27H,6-7,16H2,1-5H3. The maximum absolute atomic E-state index is 14.2. The minimum absolute atomic E-state index is 0.191. The molecule has 2 aliphatic rings. The van der Waals surface area contributed by atoms with Gasteiger partial charge < -0.3 is 18.9 Å². The summed E-state index contributed by atoms with van der Waals surface area (Å²) in [6.45, 7) is 5.95. The summed E-state index contributed by atoms with van der Waals surface area (Å²) in [5, 5.41) is 2.13. The summed E-state index contributed by atoms with van der Waals surface area (Å²) in [5.41, 5.74) is 2.06. The Bertz CT molecular complexity index is 1800. The maximum atomic E-state index is 14.2. The Morgan fingerprint density at radius 2 is 1.93 bits per heavy atom. The molecule has 208 valence electrons. The number of hydrogen-bond donors (Lipinski definition) is 0. The van der Waals surface area contributed by atoms with Crippen LogP contribution >= 0.6 is 11.3 Å². The predicted octanol–water partition coefficient (Wildman–Crippen LogP) is 2.21. The van der Waals surface area contributed by atoms with Crippen LogP contribution in [0.15, 0.2) is 63.5 Å². The summed E-state index contributed by atoms with van der Waals surface area (Å²) >= 11 is 1.28. The van der Waals surface area contributed by atoms with Crippen molar-refractivity contribution in [3.05, 3.63) is 89.4 Å². The Hall–Kier alpha value is -3.95. The van der Waals surface area contributed by atoms with E-state index < -0.39 is 12.0 Å². The highest BCUT2D eigenvalue weighted by atomic mass is 32.1. The molecule has 0 N–H and O–H groups in total. The number of rotatable bonds is 8. The number of carbonyl (C=O) groups is 1. The molecule has 0 amide bonds. The van der Waals surface area contributed by atoms with Crippen molar-refractivity contribution >= 4 is 35.0 Å². The maximum Gasteiger partial charge on any atom is 0.338 e. The first kappa shape index (κ1) is 27.6. The van der Waals surface area contributed by atoms with Crippen LogP contribution < -0.4 is 34.8 Å². The lowest BCUT2D eigenvalue weighted by molar-refractivity contribution is -0.139. The molecule has 0 bridgehead atoms. The molecule has 1 aliphatic carbocycles. The van der Waals surface area contributed by atoms with Gasteiger partial charge in [-0.1, -0.05) is 53.8 Å². The fraction of sp³-hybridized carbons (Fsp3) is 0.323. The molecule has 0 spiro atoms. The molecule has 0 radical (unpaired) electrons. The molecule has 8 nitrogen and oxygen atoms in total. The van der Waals surface area contributed by atoms with E-state index in [1.165, 1.54) is 11.3 Å². The first-order valence-corrected chi connectivity index (χ1v) is 14.1. The normalized spacial score (nSPS) is 18.4. The topological polar surface area (TPSA) is 88.4 Å². The lowest BCUT2D eigenvalue weighted by Gasteiger charge is -2.26. The summed E-state index contributed by atoms with van der Waals surface area (Å²) in [6.07, 6.45) is 4.56. The first-order chi connectivity index (χ1) is 19.4. The summed E-state index contributed by atoms with van der Waals surface area (Å²) in [5.74, 6) is 0.445. The number of aromatic nitrogens is 1. The molecule has 5 rings (SSSR count). The van der Waals surface area contributed by atoms with Crippen molar-refractivity contribution in [1.29, 1.82) is 0 Å². The molecule has 2 heterocycles. The second-order valence-corrected chi connectivity index (χ2v) is 10.3. The molecule has 1 aliphatic heterocycles. The molecular weight excluding hydrogens is 528 g/mol. The lowest BCUT2D eigenvalue weighted by Crippen LogP contribution is -2.40. The van der Waals surface area contributed by atoms with Gasteiger partial charge in [-0.2, -0.15) is 0 Å². The summed E-state index contributed by atoms with van der Waals surface area (Å²) < 4.78 is 24.9. The van der Waals surface area contributed by atoms with E-state index in [9.17, 15) is 9.59 Å². The molecule has 0 fully saturated rings. The van der Waals surface area contributed by atoms with Crippen LogP contribution in [0.3, 0.4) is 0 Å². The van der Waals surface area contributed by atoms with Gasteiger partial charge in [-0.15, -0.1) is 0 Å². The van der Waals surface area contributed by atoms with E-state index in [2.05, 4.69) is 12.1 Å². The molecule has 0 saturated carbocycles. The number of thiazole rings is 1. The zero-order chi connectivity index (χ0) is 28.4. The van der Waals surface area contributed by atoms with Crippen LogP contribution in [0.2, 0.25) is 0 Å². The summed E-state index contributed by atoms with van der Waals surface area (Å²) in [7, 11) is 3.23. The van der Waals surface area contributed by atoms with Gasteiger partial charge in [0.2, 0.25) is 0 Å². The van der Waals surface area contributed by atoms with Gasteiger partial charge in [0.05, 0.1) is 42.2 Å². The van der Waals surface area contributed by atoms with Gasteiger partial charge in [-0.3, -0.25) is 9.36 Å². The molecule has 2 unspecified atom stereocenters. The van der Waals surface area contributed by atoms with Crippen molar-refractivity contribution in [2.24, 2.45) is 4.99 Å². The molecule has 40 heavy (non-hydrogen) atoms. The number of fused-ring (bicyclic) bond motifs is 2. The predicted molar refractivity (Wildman–Crippen MR) is 154 cm³/mol. The average molecular weight is 561 g/mol. The first-order valence-electron chi connectivity index (χ1n) is 13.2. The summed E-state index contributed by atoms with van der Waals surface area (Å²) in [4.78, 5) is 32.7. The molecule has 2 atom stereocenters. The van der Waals surface area contributed by atoms with Crippen LogP contribution in [0.25, 0.3) is 17.7 Å². The van der Waals surface area contributed by atoms with Gasteiger partial charge in [0.1, 0.15) is 6.04 Å². The number of methoxy groups -OCH3 is 2. The number of nitrogens with zero attached hydrogens (tertiary/aromatic N) is 2. The number of hydrogen-bond acceptors (Lipinski definition) is 8. The minimum Gasteiger partial charge on any atom is -0.493 e. The van der Waals surface area contributed by atoms with E-state index in [0.717, 1.165) is 16.0 Å². The smallest absolute Gasteiger partial charge is 0.338 e. The monoisotopic (exact) mass is 560 g/mol. The van der Waals surface area contributed by atoms with Crippen LogP contribution in [-0.4, -0.2) is 44.1 Å². The van der Waals surface area contributed by atoms with Crippen LogP contribution in [0.4, 0.5) is 0 Å². The van der Waals surface area contributed by atoms with E-state index in [4.69, 9.17) is 23.9 Å². The van der Waals surface area contributed by atoms with Crippen molar-refractivity contribution in [2.75, 3.05) is 27.4 Å². The van der Waals surface area contributed by atoms with Gasteiger partial charge in [0, 0.05) is 12.7 Å². The van der Waals surface area contributed by atoms with E-state index in [0.29, 0.717) is 45.1 Å². The average Bonchev–Trinajstić information content (AvgIpc) is 3.26. The van der Waals surface area contributed by atoms with Crippen LogP contribution in [0.1, 0.15) is 38.8 Å². The highest BCUT2D eigenvalue weighted by molar-refractivity contribution is 7.07. The Kier molecular flexibility index (Phi) is 8.04. The van der Waals surface area contributed by atoms with E-state index in [1.54, 1.807) is 38.7 Å². The Labute approximate surface area is 235 Å². The minimum atomic E-state index is -0.815. The quantitative estimate of drug-likeness (QED) is 0.393. The Morgan fingerprint density at radius 1 is 1.12 bits per heavy atom. The molecule has 9 heteroatoms.